The van der Waals surface area contributed by atoms with E-state index in [-0.39, 0.29) is 5.75 Å². The molecule has 0 aliphatic rings. The predicted octanol–water partition coefficient (Wildman–Crippen LogP) is 5.55. The van der Waals surface area contributed by atoms with Crippen molar-refractivity contribution >= 4 is 28.0 Å². The van der Waals surface area contributed by atoms with E-state index in [4.69, 9.17) is 9.79 Å². The Morgan fingerprint density at radius 2 is 1.21 bits per heavy atom. The van der Waals surface area contributed by atoms with Crippen molar-refractivity contribution in [1.82, 2.24) is 0 Å². The highest BCUT2D eigenvalue weighted by Gasteiger charge is 2.16. The van der Waals surface area contributed by atoms with Gasteiger partial charge in [-0.1, -0.05) is 83.6 Å². The molecular formula is C21H21O4PS2. The van der Waals surface area contributed by atoms with Crippen LogP contribution in [0.5, 0.6) is 5.75 Å². The van der Waals surface area contributed by atoms with E-state index in [0.29, 0.717) is 29.0 Å². The van der Waals surface area contributed by atoms with Crippen LogP contribution in [0.1, 0.15) is 27.8 Å². The smallest absolute Gasteiger partial charge is 0.394 e. The lowest BCUT2D eigenvalue weighted by atomic mass is 9.95. The highest BCUT2D eigenvalue weighted by Crippen LogP contribution is 2.57. The Kier molecular flexibility index (Phi) is 7.27. The summed E-state index contributed by atoms with van der Waals surface area (Å²) in [7, 11) is 1.69. The van der Waals surface area contributed by atoms with Crippen LogP contribution in [0.3, 0.4) is 0 Å². The molecule has 146 valence electrons. The average molecular weight is 433 g/mol. The van der Waals surface area contributed by atoms with E-state index in [1.807, 2.05) is 72.8 Å². The molecule has 0 fully saturated rings. The van der Waals surface area contributed by atoms with Gasteiger partial charge in [0.2, 0.25) is 0 Å². The molecule has 0 saturated heterocycles. The lowest BCUT2D eigenvalue weighted by Crippen LogP contribution is -1.97. The van der Waals surface area contributed by atoms with Crippen LogP contribution in [0.25, 0.3) is 0 Å². The van der Waals surface area contributed by atoms with Crippen LogP contribution in [-0.2, 0) is 23.2 Å². The van der Waals surface area contributed by atoms with E-state index in [1.54, 1.807) is 0 Å². The van der Waals surface area contributed by atoms with E-state index in [9.17, 15) is 9.67 Å². The molecule has 3 aromatic carbocycles. The molecule has 0 saturated carbocycles. The van der Waals surface area contributed by atoms with Gasteiger partial charge in [-0.3, -0.25) is 0 Å². The standard InChI is InChI=1S/C21H21O4PS2/c22-21-19(11-16-7-3-1-4-8-16)13-18(15-27-28-26(23,24)25)14-20(21)12-17-9-5-2-6-10-17/h1-10,13-14,22H,11-12,15H2,(H2,23,24,25). The van der Waals surface area contributed by atoms with Crippen LogP contribution in [0.2, 0.25) is 0 Å². The third kappa shape index (κ3) is 6.43. The van der Waals surface area contributed by atoms with Gasteiger partial charge in [-0.05, 0) is 27.8 Å². The minimum atomic E-state index is -4.12. The average Bonchev–Trinajstić information content (AvgIpc) is 2.66. The van der Waals surface area contributed by atoms with Crippen LogP contribution < -0.4 is 0 Å². The van der Waals surface area contributed by atoms with Gasteiger partial charge in [0.15, 0.2) is 0 Å². The minimum absolute atomic E-state index is 0.282. The van der Waals surface area contributed by atoms with E-state index in [0.717, 1.165) is 38.6 Å². The molecule has 0 atom stereocenters. The van der Waals surface area contributed by atoms with Gasteiger partial charge in [-0.25, -0.2) is 4.57 Å². The van der Waals surface area contributed by atoms with Crippen molar-refractivity contribution in [1.29, 1.82) is 0 Å². The Hall–Kier alpha value is -1.69. The van der Waals surface area contributed by atoms with Gasteiger partial charge in [0.1, 0.15) is 5.75 Å². The molecule has 0 spiro atoms. The Balaban J connectivity index is 1.89. The van der Waals surface area contributed by atoms with E-state index < -0.39 is 6.80 Å². The van der Waals surface area contributed by atoms with Crippen molar-refractivity contribution in [3.63, 3.8) is 0 Å². The number of hydrogen-bond acceptors (Lipinski definition) is 4. The van der Waals surface area contributed by atoms with Crippen LogP contribution in [0, 0.1) is 0 Å². The maximum Gasteiger partial charge on any atom is 0.394 e. The summed E-state index contributed by atoms with van der Waals surface area (Å²) in [6, 6.07) is 23.7. The Bertz CT molecular complexity index is 896. The van der Waals surface area contributed by atoms with Crippen LogP contribution >= 0.6 is 28.0 Å². The number of aromatic hydroxyl groups is 1. The molecule has 0 heterocycles. The lowest BCUT2D eigenvalue weighted by molar-refractivity contribution is 0.397. The summed E-state index contributed by atoms with van der Waals surface area (Å²) in [5.74, 6) is 0.726. The summed E-state index contributed by atoms with van der Waals surface area (Å²) in [4.78, 5) is 18.1. The molecule has 0 radical (unpaired) electrons. The highest BCUT2D eigenvalue weighted by molar-refractivity contribution is 8.98. The van der Waals surface area contributed by atoms with Crippen molar-refractivity contribution < 1.29 is 19.5 Å². The van der Waals surface area contributed by atoms with Crippen molar-refractivity contribution in [3.8, 4) is 5.75 Å². The van der Waals surface area contributed by atoms with Gasteiger partial charge < -0.3 is 14.9 Å². The molecule has 3 rings (SSSR count). The van der Waals surface area contributed by atoms with Crippen LogP contribution in [-0.4, -0.2) is 14.9 Å². The maximum atomic E-state index is 11.1. The normalized spacial score (nSPS) is 11.5. The summed E-state index contributed by atoms with van der Waals surface area (Å²) < 4.78 is 11.1. The minimum Gasteiger partial charge on any atom is -0.507 e. The predicted molar refractivity (Wildman–Crippen MR) is 118 cm³/mol. The Morgan fingerprint density at radius 3 is 1.64 bits per heavy atom. The zero-order valence-electron chi connectivity index (χ0n) is 15.1. The fourth-order valence-electron chi connectivity index (χ4n) is 2.98. The molecule has 28 heavy (non-hydrogen) atoms. The fraction of sp³-hybridized carbons (Fsp3) is 0.143. The first kappa shape index (κ1) is 21.0. The summed E-state index contributed by atoms with van der Waals surface area (Å²) in [6.07, 6.45) is 1.19. The van der Waals surface area contributed by atoms with Crippen molar-refractivity contribution in [2.45, 2.75) is 18.6 Å². The van der Waals surface area contributed by atoms with Crippen LogP contribution in [0.4, 0.5) is 0 Å². The molecule has 4 nitrogen and oxygen atoms in total. The van der Waals surface area contributed by atoms with Gasteiger partial charge in [0.05, 0.1) is 0 Å². The maximum absolute atomic E-state index is 11.1. The van der Waals surface area contributed by atoms with E-state index >= 15 is 0 Å². The second-order valence-corrected chi connectivity index (χ2v) is 12.0. The first-order chi connectivity index (χ1) is 13.4. The summed E-state index contributed by atoms with van der Waals surface area (Å²) >= 11 is 0. The highest BCUT2D eigenvalue weighted by atomic mass is 33.3. The topological polar surface area (TPSA) is 77.8 Å². The number of phenols is 1. The largest absolute Gasteiger partial charge is 0.507 e. The molecule has 7 heteroatoms. The second-order valence-electron chi connectivity index (χ2n) is 6.41. The van der Waals surface area contributed by atoms with Crippen LogP contribution in [0.15, 0.2) is 72.8 Å². The monoisotopic (exact) mass is 432 g/mol. The second kappa shape index (κ2) is 9.68. The lowest BCUT2D eigenvalue weighted by Gasteiger charge is -2.14. The summed E-state index contributed by atoms with van der Waals surface area (Å²) in [5.41, 5.74) is 4.75. The zero-order chi connectivity index (χ0) is 20.0. The third-order valence-corrected chi connectivity index (χ3v) is 8.88. The van der Waals surface area contributed by atoms with Crippen molar-refractivity contribution in [3.05, 3.63) is 101 Å². The fourth-order valence-corrected chi connectivity index (χ4v) is 6.16. The van der Waals surface area contributed by atoms with Gasteiger partial charge in [-0.2, -0.15) is 0 Å². The number of rotatable bonds is 8. The van der Waals surface area contributed by atoms with Gasteiger partial charge in [-0.15, -0.1) is 0 Å². The molecule has 3 N–H and O–H groups in total. The summed E-state index contributed by atoms with van der Waals surface area (Å²) in [5, 5.41) is 10.9. The van der Waals surface area contributed by atoms with Crippen molar-refractivity contribution in [2.24, 2.45) is 0 Å². The van der Waals surface area contributed by atoms with E-state index in [1.165, 1.54) is 0 Å². The van der Waals surface area contributed by atoms with Crippen molar-refractivity contribution in [2.75, 3.05) is 0 Å². The molecule has 0 aliphatic carbocycles. The number of benzene rings is 3. The molecule has 3 aromatic rings. The molecule has 0 bridgehead atoms. The van der Waals surface area contributed by atoms with E-state index in [2.05, 4.69) is 0 Å². The molecule has 0 aromatic heterocycles. The summed E-state index contributed by atoms with van der Waals surface area (Å²) in [6.45, 7) is -4.12. The molecule has 0 amide bonds. The van der Waals surface area contributed by atoms with Gasteiger partial charge in [0.25, 0.3) is 0 Å². The van der Waals surface area contributed by atoms with Gasteiger partial charge in [0, 0.05) is 29.0 Å². The first-order valence-corrected chi connectivity index (χ1v) is 13.2. The zero-order valence-corrected chi connectivity index (χ0v) is 17.6. The molecular weight excluding hydrogens is 411 g/mol. The molecule has 0 unspecified atom stereocenters. The Morgan fingerprint density at radius 1 is 0.750 bits per heavy atom. The number of phenolic OH excluding ortho intramolecular Hbond substituents is 1. The quantitative estimate of drug-likeness (QED) is 0.320. The Labute approximate surface area is 172 Å². The number of hydrogen-bond donors (Lipinski definition) is 3. The third-order valence-electron chi connectivity index (χ3n) is 4.18. The van der Waals surface area contributed by atoms with Gasteiger partial charge >= 0.3 is 6.80 Å². The first-order valence-electron chi connectivity index (χ1n) is 8.69. The molecule has 0 aliphatic heterocycles. The SMILES string of the molecule is O=P(O)(O)SSCc1cc(Cc2ccccc2)c(O)c(Cc2ccccc2)c1.